The zero-order valence-electron chi connectivity index (χ0n) is 10.5. The van der Waals surface area contributed by atoms with Gasteiger partial charge in [0, 0.05) is 4.88 Å². The Balaban J connectivity index is 1.94. The fourth-order valence-corrected chi connectivity index (χ4v) is 3.34. The maximum Gasteiger partial charge on any atom is 0.227 e. The molecule has 0 amide bonds. The van der Waals surface area contributed by atoms with Crippen molar-refractivity contribution in [1.29, 1.82) is 0 Å². The summed E-state index contributed by atoms with van der Waals surface area (Å²) in [5.74, 6) is 0.962. The van der Waals surface area contributed by atoms with Crippen LogP contribution in [0.3, 0.4) is 0 Å². The van der Waals surface area contributed by atoms with Gasteiger partial charge in [-0.2, -0.15) is 4.98 Å². The zero-order valence-corrected chi connectivity index (χ0v) is 11.3. The fraction of sp³-hybridized carbons (Fsp3) is 0.538. The molecule has 0 spiro atoms. The number of thiophene rings is 1. The lowest BCUT2D eigenvalue weighted by molar-refractivity contribution is 0.151. The Morgan fingerprint density at radius 1 is 1.28 bits per heavy atom. The van der Waals surface area contributed by atoms with E-state index in [4.69, 9.17) is 10.5 Å². The van der Waals surface area contributed by atoms with E-state index in [-0.39, 0.29) is 6.10 Å². The van der Waals surface area contributed by atoms with Crippen molar-refractivity contribution in [1.82, 2.24) is 9.97 Å². The fourth-order valence-electron chi connectivity index (χ4n) is 2.46. The Hall–Kier alpha value is -1.36. The summed E-state index contributed by atoms with van der Waals surface area (Å²) in [4.78, 5) is 10.6. The van der Waals surface area contributed by atoms with Crippen LogP contribution in [0, 0.1) is 6.92 Å². The third-order valence-corrected chi connectivity index (χ3v) is 4.27. The van der Waals surface area contributed by atoms with E-state index in [9.17, 15) is 0 Å². The van der Waals surface area contributed by atoms with Crippen molar-refractivity contribution >= 4 is 27.5 Å². The van der Waals surface area contributed by atoms with Crippen molar-refractivity contribution in [3.63, 3.8) is 0 Å². The highest BCUT2D eigenvalue weighted by Crippen LogP contribution is 2.32. The van der Waals surface area contributed by atoms with E-state index in [1.165, 1.54) is 24.1 Å². The maximum absolute atomic E-state index is 6.04. The van der Waals surface area contributed by atoms with Gasteiger partial charge < -0.3 is 10.5 Å². The molecular weight excluding hydrogens is 246 g/mol. The normalized spacial score (nSPS) is 17.2. The standard InChI is InChI=1S/C13H17N3OS/c1-8-7-10-11(15-13(14)16-12(10)18-8)17-9-5-3-2-4-6-9/h7,9H,2-6H2,1H3,(H2,14,15,16). The average molecular weight is 263 g/mol. The molecule has 1 saturated carbocycles. The zero-order chi connectivity index (χ0) is 12.5. The van der Waals surface area contributed by atoms with Crippen LogP contribution in [0.4, 0.5) is 5.95 Å². The summed E-state index contributed by atoms with van der Waals surface area (Å²) < 4.78 is 6.04. The van der Waals surface area contributed by atoms with Crippen molar-refractivity contribution in [3.05, 3.63) is 10.9 Å². The topological polar surface area (TPSA) is 61.0 Å². The second kappa shape index (κ2) is 4.72. The first-order chi connectivity index (χ1) is 8.72. The predicted octanol–water partition coefficient (Wildman–Crippen LogP) is 3.29. The minimum atomic E-state index is 0.288. The largest absolute Gasteiger partial charge is 0.474 e. The van der Waals surface area contributed by atoms with E-state index < -0.39 is 0 Å². The molecule has 96 valence electrons. The van der Waals surface area contributed by atoms with Crippen LogP contribution in [0.15, 0.2) is 6.07 Å². The highest BCUT2D eigenvalue weighted by atomic mass is 32.1. The average Bonchev–Trinajstić information content (AvgIpc) is 2.71. The summed E-state index contributed by atoms with van der Waals surface area (Å²) in [6.07, 6.45) is 6.34. The molecule has 1 aliphatic carbocycles. The monoisotopic (exact) mass is 263 g/mol. The Bertz CT molecular complexity index is 561. The Labute approximate surface area is 110 Å². The molecule has 5 heteroatoms. The molecule has 0 bridgehead atoms. The molecule has 1 aliphatic rings. The third-order valence-electron chi connectivity index (χ3n) is 3.33. The van der Waals surface area contributed by atoms with Crippen molar-refractivity contribution in [3.8, 4) is 5.88 Å². The summed E-state index contributed by atoms with van der Waals surface area (Å²) in [6, 6.07) is 2.08. The van der Waals surface area contributed by atoms with Crippen LogP contribution in [0.5, 0.6) is 5.88 Å². The van der Waals surface area contributed by atoms with Crippen molar-refractivity contribution in [2.24, 2.45) is 0 Å². The second-order valence-electron chi connectivity index (χ2n) is 4.84. The van der Waals surface area contributed by atoms with Gasteiger partial charge in [-0.3, -0.25) is 0 Å². The number of aromatic nitrogens is 2. The molecule has 4 nitrogen and oxygen atoms in total. The second-order valence-corrected chi connectivity index (χ2v) is 6.08. The summed E-state index contributed by atoms with van der Waals surface area (Å²) in [5, 5.41) is 0.997. The molecule has 18 heavy (non-hydrogen) atoms. The number of hydrogen-bond acceptors (Lipinski definition) is 5. The van der Waals surface area contributed by atoms with E-state index >= 15 is 0 Å². The van der Waals surface area contributed by atoms with Crippen LogP contribution >= 0.6 is 11.3 Å². The first-order valence-electron chi connectivity index (χ1n) is 6.43. The first kappa shape index (κ1) is 11.7. The van der Waals surface area contributed by atoms with E-state index in [0.717, 1.165) is 23.1 Å². The van der Waals surface area contributed by atoms with Gasteiger partial charge in [-0.15, -0.1) is 11.3 Å². The van der Waals surface area contributed by atoms with E-state index in [1.54, 1.807) is 11.3 Å². The molecule has 2 heterocycles. The van der Waals surface area contributed by atoms with Crippen LogP contribution in [-0.2, 0) is 0 Å². The van der Waals surface area contributed by atoms with E-state index in [0.29, 0.717) is 11.8 Å². The number of anilines is 1. The van der Waals surface area contributed by atoms with Gasteiger partial charge in [0.05, 0.1) is 5.39 Å². The Morgan fingerprint density at radius 2 is 2.06 bits per heavy atom. The van der Waals surface area contributed by atoms with E-state index in [1.807, 2.05) is 0 Å². The molecule has 0 atom stereocenters. The van der Waals surface area contributed by atoms with Crippen molar-refractivity contribution in [2.75, 3.05) is 5.73 Å². The molecule has 2 aromatic rings. The van der Waals surface area contributed by atoms with Gasteiger partial charge in [0.1, 0.15) is 10.9 Å². The van der Waals surface area contributed by atoms with Crippen LogP contribution in [0.1, 0.15) is 37.0 Å². The lowest BCUT2D eigenvalue weighted by Gasteiger charge is -2.22. The number of hydrogen-bond donors (Lipinski definition) is 1. The van der Waals surface area contributed by atoms with Gasteiger partial charge in [-0.05, 0) is 38.7 Å². The van der Waals surface area contributed by atoms with Gasteiger partial charge in [-0.25, -0.2) is 4.98 Å². The number of aryl methyl sites for hydroxylation is 1. The molecule has 2 aromatic heterocycles. The van der Waals surface area contributed by atoms with Gasteiger partial charge in [-0.1, -0.05) is 6.42 Å². The number of nitrogen functional groups attached to an aromatic ring is 1. The number of rotatable bonds is 2. The molecule has 0 radical (unpaired) electrons. The number of nitrogens with two attached hydrogens (primary N) is 1. The molecule has 0 unspecified atom stereocenters. The third kappa shape index (κ3) is 2.27. The predicted molar refractivity (Wildman–Crippen MR) is 74.1 cm³/mol. The number of nitrogens with zero attached hydrogens (tertiary/aromatic N) is 2. The number of ether oxygens (including phenoxy) is 1. The van der Waals surface area contributed by atoms with Crippen LogP contribution < -0.4 is 10.5 Å². The van der Waals surface area contributed by atoms with Crippen LogP contribution in [0.2, 0.25) is 0 Å². The SMILES string of the molecule is Cc1cc2c(OC3CCCCC3)nc(N)nc2s1. The van der Waals surface area contributed by atoms with Gasteiger partial charge in [0.25, 0.3) is 0 Å². The maximum atomic E-state index is 6.04. The minimum Gasteiger partial charge on any atom is -0.474 e. The molecule has 0 aliphatic heterocycles. The van der Waals surface area contributed by atoms with E-state index in [2.05, 4.69) is 23.0 Å². The van der Waals surface area contributed by atoms with Crippen molar-refractivity contribution in [2.45, 2.75) is 45.1 Å². The molecule has 0 aromatic carbocycles. The highest BCUT2D eigenvalue weighted by molar-refractivity contribution is 7.18. The summed E-state index contributed by atoms with van der Waals surface area (Å²) >= 11 is 1.63. The smallest absolute Gasteiger partial charge is 0.227 e. The minimum absolute atomic E-state index is 0.288. The first-order valence-corrected chi connectivity index (χ1v) is 7.24. The summed E-state index contributed by atoms with van der Waals surface area (Å²) in [7, 11) is 0. The molecular formula is C13H17N3OS. The molecule has 1 fully saturated rings. The van der Waals surface area contributed by atoms with Gasteiger partial charge in [0.15, 0.2) is 0 Å². The molecule has 3 rings (SSSR count). The molecule has 0 saturated heterocycles. The van der Waals surface area contributed by atoms with Crippen molar-refractivity contribution < 1.29 is 4.74 Å². The summed E-state index contributed by atoms with van der Waals surface area (Å²) in [6.45, 7) is 2.06. The Kier molecular flexibility index (Phi) is 3.07. The lowest BCUT2D eigenvalue weighted by atomic mass is 9.98. The van der Waals surface area contributed by atoms with Crippen LogP contribution in [0.25, 0.3) is 10.2 Å². The van der Waals surface area contributed by atoms with Gasteiger partial charge >= 0.3 is 0 Å². The summed E-state index contributed by atoms with van der Waals surface area (Å²) in [5.41, 5.74) is 5.74. The van der Waals surface area contributed by atoms with Crippen LogP contribution in [-0.4, -0.2) is 16.1 Å². The quantitative estimate of drug-likeness (QED) is 0.903. The number of fused-ring (bicyclic) bond motifs is 1. The Morgan fingerprint density at radius 3 is 2.83 bits per heavy atom. The molecule has 2 N–H and O–H groups in total. The lowest BCUT2D eigenvalue weighted by Crippen LogP contribution is -2.20. The van der Waals surface area contributed by atoms with Gasteiger partial charge in [0.2, 0.25) is 11.8 Å². The highest BCUT2D eigenvalue weighted by Gasteiger charge is 2.18.